The molecule has 1 atom stereocenters. The van der Waals surface area contributed by atoms with Crippen molar-refractivity contribution in [2.45, 2.75) is 45.6 Å². The molecular weight excluding hydrogens is 201 g/mol. The van der Waals surface area contributed by atoms with Gasteiger partial charge in [-0.05, 0) is 56.8 Å². The molecule has 0 amide bonds. The average Bonchev–Trinajstić information content (AvgIpc) is 2.66. The highest BCUT2D eigenvalue weighted by Gasteiger charge is 2.36. The first-order valence-electron chi connectivity index (χ1n) is 6.11. The highest BCUT2D eigenvalue weighted by Crippen LogP contribution is 2.37. The number of nitrogens with one attached hydrogen (secondary N) is 1. The van der Waals surface area contributed by atoms with Crippen LogP contribution in [0.5, 0.6) is 0 Å². The van der Waals surface area contributed by atoms with Gasteiger partial charge in [0, 0.05) is 11.1 Å². The number of halogens is 1. The van der Waals surface area contributed by atoms with Gasteiger partial charge in [0.1, 0.15) is 5.82 Å². The summed E-state index contributed by atoms with van der Waals surface area (Å²) in [6.45, 7) is 7.10. The van der Waals surface area contributed by atoms with Gasteiger partial charge in [-0.15, -0.1) is 0 Å². The molecule has 0 saturated carbocycles. The summed E-state index contributed by atoms with van der Waals surface area (Å²) in [6.07, 6.45) is 3.14. The summed E-state index contributed by atoms with van der Waals surface area (Å²) in [6, 6.07) is 3.73. The molecule has 16 heavy (non-hydrogen) atoms. The summed E-state index contributed by atoms with van der Waals surface area (Å²) in [5.74, 6) is -0.0475. The zero-order valence-electron chi connectivity index (χ0n) is 10.4. The van der Waals surface area contributed by atoms with E-state index >= 15 is 0 Å². The van der Waals surface area contributed by atoms with Crippen LogP contribution in [-0.2, 0) is 5.54 Å². The van der Waals surface area contributed by atoms with Gasteiger partial charge in [0.15, 0.2) is 0 Å². The molecule has 0 spiro atoms. The van der Waals surface area contributed by atoms with E-state index < -0.39 is 0 Å². The van der Waals surface area contributed by atoms with Gasteiger partial charge in [0.25, 0.3) is 0 Å². The van der Waals surface area contributed by atoms with E-state index in [9.17, 15) is 4.39 Å². The Bertz CT molecular complexity index is 369. The van der Waals surface area contributed by atoms with E-state index in [1.807, 2.05) is 13.8 Å². The number of aryl methyl sites for hydroxylation is 2. The lowest BCUT2D eigenvalue weighted by Crippen LogP contribution is -2.37. The molecule has 1 heterocycles. The van der Waals surface area contributed by atoms with Crippen molar-refractivity contribution in [1.29, 1.82) is 0 Å². The molecule has 88 valence electrons. The maximum Gasteiger partial charge on any atom is 0.128 e. The third kappa shape index (κ3) is 1.75. The molecule has 0 bridgehead atoms. The van der Waals surface area contributed by atoms with Gasteiger partial charge in [0.05, 0.1) is 0 Å². The van der Waals surface area contributed by atoms with Crippen LogP contribution in [0.3, 0.4) is 0 Å². The van der Waals surface area contributed by atoms with E-state index in [2.05, 4.69) is 18.3 Å². The summed E-state index contributed by atoms with van der Waals surface area (Å²) in [7, 11) is 0. The lowest BCUT2D eigenvalue weighted by atomic mass is 9.82. The SMILES string of the molecule is CCC1(c2c(C)cc(C)cc2F)CCCN1. The predicted octanol–water partition coefficient (Wildman–Crippen LogP) is 3.43. The molecule has 1 N–H and O–H groups in total. The number of rotatable bonds is 2. The average molecular weight is 221 g/mol. The second-order valence-corrected chi connectivity index (χ2v) is 4.90. The highest BCUT2D eigenvalue weighted by molar-refractivity contribution is 5.38. The first-order valence-corrected chi connectivity index (χ1v) is 6.11. The summed E-state index contributed by atoms with van der Waals surface area (Å²) in [5.41, 5.74) is 2.84. The Hall–Kier alpha value is -0.890. The Morgan fingerprint density at radius 3 is 2.62 bits per heavy atom. The van der Waals surface area contributed by atoms with Crippen LogP contribution in [-0.4, -0.2) is 6.54 Å². The standard InChI is InChI=1S/C14H20FN/c1-4-14(6-5-7-16-14)13-11(3)8-10(2)9-12(13)15/h8-9,16H,4-7H2,1-3H3. The van der Waals surface area contributed by atoms with Gasteiger partial charge in [-0.2, -0.15) is 0 Å². The minimum Gasteiger partial charge on any atom is -0.307 e. The molecule has 0 aliphatic carbocycles. The third-order valence-electron chi connectivity index (χ3n) is 3.76. The first kappa shape index (κ1) is 11.6. The van der Waals surface area contributed by atoms with Crippen LogP contribution in [0.1, 0.15) is 42.9 Å². The molecule has 1 aromatic rings. The first-order chi connectivity index (χ1) is 7.59. The molecule has 1 aliphatic rings. The van der Waals surface area contributed by atoms with E-state index in [-0.39, 0.29) is 11.4 Å². The van der Waals surface area contributed by atoms with Gasteiger partial charge < -0.3 is 5.32 Å². The molecular formula is C14H20FN. The maximum absolute atomic E-state index is 14.2. The van der Waals surface area contributed by atoms with E-state index in [4.69, 9.17) is 0 Å². The molecule has 1 fully saturated rings. The smallest absolute Gasteiger partial charge is 0.128 e. The van der Waals surface area contributed by atoms with Crippen LogP contribution in [0, 0.1) is 19.7 Å². The van der Waals surface area contributed by atoms with Crippen molar-refractivity contribution >= 4 is 0 Å². The summed E-state index contributed by atoms with van der Waals surface area (Å²) in [5, 5.41) is 3.50. The second kappa shape index (κ2) is 4.17. The van der Waals surface area contributed by atoms with Crippen molar-refractivity contribution in [3.8, 4) is 0 Å². The third-order valence-corrected chi connectivity index (χ3v) is 3.76. The zero-order chi connectivity index (χ0) is 11.8. The largest absolute Gasteiger partial charge is 0.307 e. The van der Waals surface area contributed by atoms with Crippen molar-refractivity contribution in [3.05, 3.63) is 34.6 Å². The second-order valence-electron chi connectivity index (χ2n) is 4.90. The van der Waals surface area contributed by atoms with Gasteiger partial charge >= 0.3 is 0 Å². The molecule has 1 nitrogen and oxygen atoms in total. The Morgan fingerprint density at radius 2 is 2.12 bits per heavy atom. The number of hydrogen-bond acceptors (Lipinski definition) is 1. The van der Waals surface area contributed by atoms with Crippen LogP contribution < -0.4 is 5.32 Å². The summed E-state index contributed by atoms with van der Waals surface area (Å²) in [4.78, 5) is 0. The molecule has 0 radical (unpaired) electrons. The van der Waals surface area contributed by atoms with Gasteiger partial charge in [0.2, 0.25) is 0 Å². The maximum atomic E-state index is 14.2. The van der Waals surface area contributed by atoms with Gasteiger partial charge in [-0.1, -0.05) is 13.0 Å². The fourth-order valence-corrected chi connectivity index (χ4v) is 3.02. The topological polar surface area (TPSA) is 12.0 Å². The molecule has 1 aliphatic heterocycles. The van der Waals surface area contributed by atoms with Gasteiger partial charge in [-0.25, -0.2) is 4.39 Å². The molecule has 0 aromatic heterocycles. The fourth-order valence-electron chi connectivity index (χ4n) is 3.02. The minimum absolute atomic E-state index is 0.0475. The van der Waals surface area contributed by atoms with Crippen molar-refractivity contribution < 1.29 is 4.39 Å². The lowest BCUT2D eigenvalue weighted by Gasteiger charge is -2.31. The molecule has 1 saturated heterocycles. The van der Waals surface area contributed by atoms with Crippen LogP contribution in [0.2, 0.25) is 0 Å². The van der Waals surface area contributed by atoms with E-state index in [1.54, 1.807) is 6.07 Å². The Balaban J connectivity index is 2.54. The van der Waals surface area contributed by atoms with E-state index in [1.165, 1.54) is 0 Å². The quantitative estimate of drug-likeness (QED) is 0.806. The summed E-state index contributed by atoms with van der Waals surface area (Å²) < 4.78 is 14.2. The van der Waals surface area contributed by atoms with E-state index in [0.29, 0.717) is 0 Å². The van der Waals surface area contributed by atoms with Crippen molar-refractivity contribution in [3.63, 3.8) is 0 Å². The Kier molecular flexibility index (Phi) is 3.02. The Labute approximate surface area is 97.1 Å². The van der Waals surface area contributed by atoms with E-state index in [0.717, 1.165) is 42.5 Å². The number of benzene rings is 1. The molecule has 2 rings (SSSR count). The zero-order valence-corrected chi connectivity index (χ0v) is 10.4. The predicted molar refractivity (Wildman–Crippen MR) is 65.1 cm³/mol. The van der Waals surface area contributed by atoms with Crippen molar-refractivity contribution in [2.75, 3.05) is 6.54 Å². The van der Waals surface area contributed by atoms with Crippen molar-refractivity contribution in [2.24, 2.45) is 0 Å². The molecule has 1 unspecified atom stereocenters. The fraction of sp³-hybridized carbons (Fsp3) is 0.571. The number of hydrogen-bond donors (Lipinski definition) is 1. The Morgan fingerprint density at radius 1 is 1.38 bits per heavy atom. The minimum atomic E-state index is -0.123. The molecule has 1 aromatic carbocycles. The van der Waals surface area contributed by atoms with Crippen LogP contribution in [0.25, 0.3) is 0 Å². The van der Waals surface area contributed by atoms with Crippen LogP contribution in [0.4, 0.5) is 4.39 Å². The lowest BCUT2D eigenvalue weighted by molar-refractivity contribution is 0.357. The molecule has 2 heteroatoms. The summed E-state index contributed by atoms with van der Waals surface area (Å²) >= 11 is 0. The van der Waals surface area contributed by atoms with Crippen LogP contribution in [0.15, 0.2) is 12.1 Å². The highest BCUT2D eigenvalue weighted by atomic mass is 19.1. The van der Waals surface area contributed by atoms with Crippen LogP contribution >= 0.6 is 0 Å². The monoisotopic (exact) mass is 221 g/mol. The normalized spacial score (nSPS) is 25.0. The van der Waals surface area contributed by atoms with Gasteiger partial charge in [-0.3, -0.25) is 0 Å². The van der Waals surface area contributed by atoms with Crippen molar-refractivity contribution in [1.82, 2.24) is 5.32 Å².